The summed E-state index contributed by atoms with van der Waals surface area (Å²) in [5, 5.41) is 0. The van der Waals surface area contributed by atoms with Gasteiger partial charge in [-0.15, -0.1) is 0 Å². The lowest BCUT2D eigenvalue weighted by molar-refractivity contribution is 0.328. The number of hydrogen-bond donors (Lipinski definition) is 0. The molecule has 9 heavy (non-hydrogen) atoms. The van der Waals surface area contributed by atoms with Gasteiger partial charge in [-0.1, -0.05) is 45.2 Å². The van der Waals surface area contributed by atoms with Gasteiger partial charge in [0, 0.05) is 6.61 Å². The predicted molar refractivity (Wildman–Crippen MR) is 51.0 cm³/mol. The van der Waals surface area contributed by atoms with Crippen molar-refractivity contribution in [1.29, 1.82) is 0 Å². The molecule has 0 N–H and O–H groups in total. The van der Waals surface area contributed by atoms with E-state index in [0.29, 0.717) is 3.36 Å². The van der Waals surface area contributed by atoms with Crippen LogP contribution in [0.4, 0.5) is 0 Å². The minimum absolute atomic E-state index is 0.341. The highest BCUT2D eigenvalue weighted by atomic mass is 79.9. The molecule has 0 aliphatic rings. The van der Waals surface area contributed by atoms with Gasteiger partial charge in [0.05, 0.1) is 3.36 Å². The summed E-state index contributed by atoms with van der Waals surface area (Å²) in [6.45, 7) is 3.11. The van der Waals surface area contributed by atoms with Gasteiger partial charge in [0.15, 0.2) is 9.76 Å². The Morgan fingerprint density at radius 2 is 2.22 bits per heavy atom. The largest absolute Gasteiger partial charge is 0.422 e. The van der Waals surface area contributed by atoms with E-state index in [2.05, 4.69) is 38.8 Å². The van der Waals surface area contributed by atoms with Gasteiger partial charge in [-0.3, -0.25) is 0 Å². The summed E-state index contributed by atoms with van der Waals surface area (Å²) in [6.07, 6.45) is 2.42. The highest BCUT2D eigenvalue weighted by molar-refractivity contribution is 9.25. The smallest absolute Gasteiger partial charge is 0.185 e. The molecule has 1 nitrogen and oxygen atoms in total. The SMILES string of the molecule is CCCCO[SiH2]C(Br)Br. The standard InChI is InChI=1S/C5H12Br2OSi/c1-2-3-4-8-9-5(6)7/h5H,2-4,9H2,1H3. The van der Waals surface area contributed by atoms with Crippen LogP contribution in [0.25, 0.3) is 0 Å². The first kappa shape index (κ1) is 10.1. The molecule has 0 rings (SSSR count). The highest BCUT2D eigenvalue weighted by Crippen LogP contribution is 2.05. The van der Waals surface area contributed by atoms with Gasteiger partial charge in [0.1, 0.15) is 0 Å². The molecule has 0 aliphatic heterocycles. The molecule has 0 aromatic carbocycles. The molecule has 0 amide bonds. The van der Waals surface area contributed by atoms with Crippen LogP contribution in [0.5, 0.6) is 0 Å². The van der Waals surface area contributed by atoms with E-state index in [0.717, 1.165) is 6.61 Å². The molecule has 0 radical (unpaired) electrons. The maximum atomic E-state index is 5.38. The first-order valence-electron chi connectivity index (χ1n) is 3.13. The molecule has 0 aromatic heterocycles. The molecule has 0 heterocycles. The fraction of sp³-hybridized carbons (Fsp3) is 1.00. The van der Waals surface area contributed by atoms with Crippen molar-refractivity contribution in [3.63, 3.8) is 0 Å². The second-order valence-corrected chi connectivity index (χ2v) is 9.21. The first-order chi connectivity index (χ1) is 4.27. The number of unbranched alkanes of at least 4 members (excludes halogenated alkanes) is 1. The lowest BCUT2D eigenvalue weighted by Gasteiger charge is -2.01. The maximum absolute atomic E-state index is 5.38. The molecule has 0 saturated carbocycles. The van der Waals surface area contributed by atoms with Crippen molar-refractivity contribution < 1.29 is 4.43 Å². The van der Waals surface area contributed by atoms with E-state index in [9.17, 15) is 0 Å². The van der Waals surface area contributed by atoms with Crippen LogP contribution in [0.1, 0.15) is 19.8 Å². The Morgan fingerprint density at radius 3 is 2.67 bits per heavy atom. The van der Waals surface area contributed by atoms with Crippen LogP contribution in [0, 0.1) is 0 Å². The zero-order chi connectivity index (χ0) is 7.11. The summed E-state index contributed by atoms with van der Waals surface area (Å²) < 4.78 is 5.83. The van der Waals surface area contributed by atoms with E-state index in [4.69, 9.17) is 4.43 Å². The van der Waals surface area contributed by atoms with Gasteiger partial charge in [-0.05, 0) is 6.42 Å². The average molecular weight is 276 g/mol. The molecule has 0 aliphatic carbocycles. The molecule has 0 aromatic rings. The van der Waals surface area contributed by atoms with Gasteiger partial charge in [0.25, 0.3) is 0 Å². The van der Waals surface area contributed by atoms with Gasteiger partial charge in [-0.25, -0.2) is 0 Å². The minimum atomic E-state index is -0.341. The third kappa shape index (κ3) is 9.14. The fourth-order valence-corrected chi connectivity index (χ4v) is 2.09. The van der Waals surface area contributed by atoms with Gasteiger partial charge < -0.3 is 4.43 Å². The lowest BCUT2D eigenvalue weighted by Crippen LogP contribution is -2.07. The zero-order valence-electron chi connectivity index (χ0n) is 5.57. The van der Waals surface area contributed by atoms with Crippen LogP contribution >= 0.6 is 31.9 Å². The van der Waals surface area contributed by atoms with Crippen LogP contribution in [-0.4, -0.2) is 19.7 Å². The van der Waals surface area contributed by atoms with Crippen molar-refractivity contribution in [2.75, 3.05) is 6.61 Å². The number of halogens is 2. The van der Waals surface area contributed by atoms with Crippen LogP contribution in [0.3, 0.4) is 0 Å². The predicted octanol–water partition coefficient (Wildman–Crippen LogP) is 1.96. The van der Waals surface area contributed by atoms with Gasteiger partial charge >= 0.3 is 0 Å². The lowest BCUT2D eigenvalue weighted by atomic mass is 10.4. The zero-order valence-corrected chi connectivity index (χ0v) is 10.2. The Kier molecular flexibility index (Phi) is 8.16. The average Bonchev–Trinajstić information content (AvgIpc) is 1.80. The summed E-state index contributed by atoms with van der Waals surface area (Å²) in [5.41, 5.74) is 0. The summed E-state index contributed by atoms with van der Waals surface area (Å²) in [6, 6.07) is 0. The molecule has 0 saturated heterocycles. The monoisotopic (exact) mass is 274 g/mol. The molecular weight excluding hydrogens is 264 g/mol. The van der Waals surface area contributed by atoms with Crippen molar-refractivity contribution in [2.45, 2.75) is 23.1 Å². The van der Waals surface area contributed by atoms with Crippen molar-refractivity contribution in [1.82, 2.24) is 0 Å². The van der Waals surface area contributed by atoms with Gasteiger partial charge in [0.2, 0.25) is 0 Å². The normalized spacial score (nSPS) is 12.0. The van der Waals surface area contributed by atoms with E-state index in [-0.39, 0.29) is 9.76 Å². The maximum Gasteiger partial charge on any atom is 0.185 e. The van der Waals surface area contributed by atoms with E-state index >= 15 is 0 Å². The molecular formula is C5H12Br2OSi. The molecule has 4 heteroatoms. The second kappa shape index (κ2) is 7.25. The second-order valence-electron chi connectivity index (χ2n) is 1.82. The minimum Gasteiger partial charge on any atom is -0.422 e. The van der Waals surface area contributed by atoms with Crippen molar-refractivity contribution in [2.24, 2.45) is 0 Å². The Balaban J connectivity index is 2.75. The summed E-state index contributed by atoms with van der Waals surface area (Å²) in [7, 11) is -0.341. The molecule has 56 valence electrons. The number of hydrogen-bond acceptors (Lipinski definition) is 1. The van der Waals surface area contributed by atoms with Crippen molar-refractivity contribution >= 4 is 41.6 Å². The Morgan fingerprint density at radius 1 is 1.56 bits per heavy atom. The van der Waals surface area contributed by atoms with E-state index < -0.39 is 0 Å². The topological polar surface area (TPSA) is 9.23 Å². The summed E-state index contributed by atoms with van der Waals surface area (Å²) in [5.74, 6) is 0. The molecule has 0 atom stereocenters. The number of rotatable bonds is 5. The molecule has 0 spiro atoms. The quantitative estimate of drug-likeness (QED) is 0.424. The van der Waals surface area contributed by atoms with Crippen LogP contribution in [0.15, 0.2) is 0 Å². The third-order valence-corrected chi connectivity index (χ3v) is 3.25. The van der Waals surface area contributed by atoms with E-state index in [1.54, 1.807) is 0 Å². The Hall–Kier alpha value is 1.14. The van der Waals surface area contributed by atoms with E-state index in [1.807, 2.05) is 0 Å². The summed E-state index contributed by atoms with van der Waals surface area (Å²) >= 11 is 6.76. The Bertz CT molecular complexity index is 60.9. The number of alkyl halides is 2. The van der Waals surface area contributed by atoms with Crippen LogP contribution in [0.2, 0.25) is 0 Å². The van der Waals surface area contributed by atoms with Gasteiger partial charge in [-0.2, -0.15) is 0 Å². The third-order valence-electron chi connectivity index (χ3n) is 0.886. The highest BCUT2D eigenvalue weighted by Gasteiger charge is 1.96. The molecule has 0 bridgehead atoms. The van der Waals surface area contributed by atoms with Crippen molar-refractivity contribution in [3.05, 3.63) is 0 Å². The van der Waals surface area contributed by atoms with Crippen LogP contribution in [-0.2, 0) is 4.43 Å². The summed E-state index contributed by atoms with van der Waals surface area (Å²) in [4.78, 5) is 0. The van der Waals surface area contributed by atoms with Crippen molar-refractivity contribution in [3.8, 4) is 0 Å². The Labute approximate surface area is 75.7 Å². The molecule has 0 fully saturated rings. The van der Waals surface area contributed by atoms with Crippen LogP contribution < -0.4 is 0 Å². The first-order valence-corrected chi connectivity index (χ1v) is 6.35. The fourth-order valence-electron chi connectivity index (χ4n) is 0.419. The van der Waals surface area contributed by atoms with E-state index in [1.165, 1.54) is 12.8 Å². The molecule has 0 unspecified atom stereocenters.